The van der Waals surface area contributed by atoms with E-state index in [1.807, 2.05) is 6.92 Å². The van der Waals surface area contributed by atoms with Crippen LogP contribution in [-0.4, -0.2) is 67.8 Å². The van der Waals surface area contributed by atoms with Crippen LogP contribution in [0.5, 0.6) is 0 Å². The van der Waals surface area contributed by atoms with Gasteiger partial charge in [0.05, 0.1) is 12.7 Å². The van der Waals surface area contributed by atoms with E-state index in [4.69, 9.17) is 10.5 Å². The molecule has 1 aliphatic heterocycles. The first kappa shape index (κ1) is 13.9. The molecule has 1 rings (SSSR count). The molecule has 0 aromatic rings. The third kappa shape index (κ3) is 4.78. The van der Waals surface area contributed by atoms with E-state index in [-0.39, 0.29) is 6.04 Å². The largest absolute Gasteiger partial charge is 0.374 e. The van der Waals surface area contributed by atoms with Gasteiger partial charge < -0.3 is 15.4 Å². The molecule has 96 valence electrons. The topological polar surface area (TPSA) is 41.7 Å². The zero-order valence-corrected chi connectivity index (χ0v) is 11.1. The molecule has 16 heavy (non-hydrogen) atoms. The Morgan fingerprint density at radius 1 is 1.44 bits per heavy atom. The van der Waals surface area contributed by atoms with Gasteiger partial charge in [0.15, 0.2) is 0 Å². The number of nitrogens with two attached hydrogens (primary N) is 1. The van der Waals surface area contributed by atoms with E-state index in [0.717, 1.165) is 32.8 Å². The summed E-state index contributed by atoms with van der Waals surface area (Å²) in [6.45, 7) is 11.4. The molecular weight excluding hydrogens is 202 g/mol. The van der Waals surface area contributed by atoms with Crippen molar-refractivity contribution in [1.29, 1.82) is 0 Å². The molecule has 2 unspecified atom stereocenters. The zero-order valence-electron chi connectivity index (χ0n) is 11.1. The first-order valence-corrected chi connectivity index (χ1v) is 6.28. The quantitative estimate of drug-likeness (QED) is 0.740. The molecule has 4 heteroatoms. The molecule has 1 heterocycles. The van der Waals surface area contributed by atoms with Crippen molar-refractivity contribution in [2.45, 2.75) is 39.0 Å². The van der Waals surface area contributed by atoms with Crippen molar-refractivity contribution in [2.75, 3.05) is 39.8 Å². The van der Waals surface area contributed by atoms with Crippen molar-refractivity contribution < 1.29 is 4.74 Å². The van der Waals surface area contributed by atoms with Gasteiger partial charge >= 0.3 is 0 Å². The number of hydrogen-bond donors (Lipinski definition) is 1. The van der Waals surface area contributed by atoms with Crippen LogP contribution in [0.2, 0.25) is 0 Å². The minimum absolute atomic E-state index is 0.231. The third-order valence-corrected chi connectivity index (χ3v) is 3.02. The van der Waals surface area contributed by atoms with E-state index in [1.165, 1.54) is 0 Å². The Morgan fingerprint density at radius 2 is 2.12 bits per heavy atom. The smallest absolute Gasteiger partial charge is 0.0829 e. The highest BCUT2D eigenvalue weighted by Gasteiger charge is 2.23. The van der Waals surface area contributed by atoms with Gasteiger partial charge in [-0.05, 0) is 27.8 Å². The molecule has 1 aliphatic rings. The molecule has 2 atom stereocenters. The Balaban J connectivity index is 2.31. The minimum atomic E-state index is 0.231. The SMILES string of the molecule is CC(N)CN(C)CC1CN(C(C)C)CCO1. The van der Waals surface area contributed by atoms with Crippen LogP contribution in [0.4, 0.5) is 0 Å². The van der Waals surface area contributed by atoms with Crippen LogP contribution in [0.3, 0.4) is 0 Å². The third-order valence-electron chi connectivity index (χ3n) is 3.02. The maximum Gasteiger partial charge on any atom is 0.0829 e. The summed E-state index contributed by atoms with van der Waals surface area (Å²) in [6.07, 6.45) is 0.333. The number of hydrogen-bond acceptors (Lipinski definition) is 4. The molecule has 0 aromatic heterocycles. The van der Waals surface area contributed by atoms with Crippen molar-refractivity contribution in [3.05, 3.63) is 0 Å². The number of likely N-dealkylation sites (N-methyl/N-ethyl adjacent to an activating group) is 1. The Kier molecular flexibility index (Phi) is 5.69. The van der Waals surface area contributed by atoms with Gasteiger partial charge in [0, 0.05) is 38.3 Å². The Bertz CT molecular complexity index is 197. The minimum Gasteiger partial charge on any atom is -0.374 e. The highest BCUT2D eigenvalue weighted by Crippen LogP contribution is 2.09. The first-order valence-electron chi connectivity index (χ1n) is 6.28. The second-order valence-electron chi connectivity index (χ2n) is 5.28. The van der Waals surface area contributed by atoms with Crippen LogP contribution in [0.15, 0.2) is 0 Å². The van der Waals surface area contributed by atoms with Crippen LogP contribution < -0.4 is 5.73 Å². The second kappa shape index (κ2) is 6.55. The number of ether oxygens (including phenoxy) is 1. The summed E-state index contributed by atoms with van der Waals surface area (Å²) in [5.41, 5.74) is 5.78. The van der Waals surface area contributed by atoms with Gasteiger partial charge in [-0.1, -0.05) is 0 Å². The van der Waals surface area contributed by atoms with Crippen LogP contribution in [0.25, 0.3) is 0 Å². The Labute approximate surface area is 99.7 Å². The van der Waals surface area contributed by atoms with Gasteiger partial charge in [0.2, 0.25) is 0 Å². The summed E-state index contributed by atoms with van der Waals surface area (Å²) in [6, 6.07) is 0.847. The number of nitrogens with zero attached hydrogens (tertiary/aromatic N) is 2. The molecule has 2 N–H and O–H groups in total. The van der Waals surface area contributed by atoms with E-state index in [1.54, 1.807) is 0 Å². The fraction of sp³-hybridized carbons (Fsp3) is 1.00. The summed E-state index contributed by atoms with van der Waals surface area (Å²) in [5.74, 6) is 0. The van der Waals surface area contributed by atoms with Crippen molar-refractivity contribution in [1.82, 2.24) is 9.80 Å². The molecule has 0 spiro atoms. The van der Waals surface area contributed by atoms with Crippen LogP contribution >= 0.6 is 0 Å². The normalized spacial score (nSPS) is 25.3. The highest BCUT2D eigenvalue weighted by atomic mass is 16.5. The standard InChI is InChI=1S/C12H27N3O/c1-10(2)15-5-6-16-12(9-15)8-14(4)7-11(3)13/h10-12H,5-9,13H2,1-4H3. The monoisotopic (exact) mass is 229 g/mol. The molecule has 0 amide bonds. The molecule has 0 radical (unpaired) electrons. The molecule has 1 saturated heterocycles. The first-order chi connectivity index (χ1) is 7.49. The lowest BCUT2D eigenvalue weighted by Gasteiger charge is -2.37. The van der Waals surface area contributed by atoms with Gasteiger partial charge in [0.25, 0.3) is 0 Å². The molecular formula is C12H27N3O. The molecule has 0 bridgehead atoms. The van der Waals surface area contributed by atoms with Crippen molar-refractivity contribution in [3.8, 4) is 0 Å². The van der Waals surface area contributed by atoms with Gasteiger partial charge in [-0.15, -0.1) is 0 Å². The van der Waals surface area contributed by atoms with E-state index in [0.29, 0.717) is 12.1 Å². The van der Waals surface area contributed by atoms with Gasteiger partial charge in [-0.3, -0.25) is 4.90 Å². The Morgan fingerprint density at radius 3 is 2.69 bits per heavy atom. The van der Waals surface area contributed by atoms with Crippen molar-refractivity contribution >= 4 is 0 Å². The van der Waals surface area contributed by atoms with Crippen LogP contribution in [0.1, 0.15) is 20.8 Å². The number of morpholine rings is 1. The van der Waals surface area contributed by atoms with E-state index in [2.05, 4.69) is 30.7 Å². The fourth-order valence-electron chi connectivity index (χ4n) is 2.24. The molecule has 0 aromatic carbocycles. The predicted molar refractivity (Wildman–Crippen MR) is 67.6 cm³/mol. The Hall–Kier alpha value is -0.160. The summed E-state index contributed by atoms with van der Waals surface area (Å²) in [4.78, 5) is 4.74. The van der Waals surface area contributed by atoms with Gasteiger partial charge in [-0.25, -0.2) is 0 Å². The van der Waals surface area contributed by atoms with E-state index in [9.17, 15) is 0 Å². The summed E-state index contributed by atoms with van der Waals surface area (Å²) in [5, 5.41) is 0. The lowest BCUT2D eigenvalue weighted by molar-refractivity contribution is -0.0497. The van der Waals surface area contributed by atoms with Crippen LogP contribution in [0, 0.1) is 0 Å². The van der Waals surface area contributed by atoms with E-state index >= 15 is 0 Å². The summed E-state index contributed by atoms with van der Waals surface area (Å²) >= 11 is 0. The lowest BCUT2D eigenvalue weighted by Crippen LogP contribution is -2.50. The number of rotatable bonds is 5. The van der Waals surface area contributed by atoms with Gasteiger partial charge in [-0.2, -0.15) is 0 Å². The zero-order chi connectivity index (χ0) is 12.1. The van der Waals surface area contributed by atoms with Crippen LogP contribution in [-0.2, 0) is 4.74 Å². The fourth-order valence-corrected chi connectivity index (χ4v) is 2.24. The van der Waals surface area contributed by atoms with Crippen molar-refractivity contribution in [3.63, 3.8) is 0 Å². The highest BCUT2D eigenvalue weighted by molar-refractivity contribution is 4.76. The maximum absolute atomic E-state index is 5.79. The van der Waals surface area contributed by atoms with E-state index < -0.39 is 0 Å². The average molecular weight is 229 g/mol. The lowest BCUT2D eigenvalue weighted by atomic mass is 10.2. The van der Waals surface area contributed by atoms with Gasteiger partial charge in [0.1, 0.15) is 0 Å². The average Bonchev–Trinajstić information content (AvgIpc) is 2.16. The summed E-state index contributed by atoms with van der Waals surface area (Å²) < 4.78 is 5.79. The molecule has 1 fully saturated rings. The maximum atomic E-state index is 5.79. The summed E-state index contributed by atoms with van der Waals surface area (Å²) in [7, 11) is 2.11. The molecule has 0 saturated carbocycles. The second-order valence-corrected chi connectivity index (χ2v) is 5.28. The van der Waals surface area contributed by atoms with Crippen molar-refractivity contribution in [2.24, 2.45) is 5.73 Å². The molecule has 0 aliphatic carbocycles. The predicted octanol–water partition coefficient (Wildman–Crippen LogP) is 0.375. The molecule has 4 nitrogen and oxygen atoms in total.